The van der Waals surface area contributed by atoms with Crippen molar-refractivity contribution in [3.05, 3.63) is 53.5 Å². The molecule has 3 atom stereocenters. The Kier molecular flexibility index (Phi) is 4.68. The Labute approximate surface area is 165 Å². The lowest BCUT2D eigenvalue weighted by Gasteiger charge is -2.46. The summed E-state index contributed by atoms with van der Waals surface area (Å²) in [5.41, 5.74) is 2.42. The monoisotopic (exact) mass is 376 g/mol. The number of hydrogen-bond donors (Lipinski definition) is 1. The van der Waals surface area contributed by atoms with Crippen LogP contribution < -0.4 is 15.0 Å². The summed E-state index contributed by atoms with van der Waals surface area (Å²) in [5.74, 6) is 2.08. The van der Waals surface area contributed by atoms with Crippen molar-refractivity contribution in [1.29, 1.82) is 0 Å². The minimum absolute atomic E-state index is 0.0504. The summed E-state index contributed by atoms with van der Waals surface area (Å²) in [7, 11) is 1.63. The molecule has 2 heterocycles. The van der Waals surface area contributed by atoms with Gasteiger partial charge in [-0.25, -0.2) is 9.83 Å². The average molecular weight is 376 g/mol. The molecule has 1 fully saturated rings. The van der Waals surface area contributed by atoms with Gasteiger partial charge in [-0.3, -0.25) is 4.79 Å². The van der Waals surface area contributed by atoms with E-state index in [1.165, 1.54) is 0 Å². The molecular weight excluding hydrogens is 352 g/mol. The van der Waals surface area contributed by atoms with Crippen molar-refractivity contribution < 1.29 is 9.53 Å². The Bertz CT molecular complexity index is 948. The normalized spacial score (nSPS) is 23.5. The number of benzene rings is 1. The van der Waals surface area contributed by atoms with Gasteiger partial charge in [-0.1, -0.05) is 13.0 Å². The first-order valence-corrected chi connectivity index (χ1v) is 9.62. The molecule has 1 amide bonds. The SMILES string of the molecule is [C-]#[N+]c1ccc2c(c1)[C@H](Nc1ncccc1OC)[C@@H](C)[C@H](C1CC1)N2C(C)=O. The van der Waals surface area contributed by atoms with E-state index in [1.54, 1.807) is 26.3 Å². The summed E-state index contributed by atoms with van der Waals surface area (Å²) in [6.45, 7) is 11.2. The highest BCUT2D eigenvalue weighted by molar-refractivity contribution is 5.94. The zero-order chi connectivity index (χ0) is 19.8. The van der Waals surface area contributed by atoms with Gasteiger partial charge in [-0.2, -0.15) is 0 Å². The number of methoxy groups -OCH3 is 1. The predicted octanol–water partition coefficient (Wildman–Crippen LogP) is 4.58. The number of rotatable bonds is 4. The Morgan fingerprint density at radius 3 is 2.79 bits per heavy atom. The van der Waals surface area contributed by atoms with Gasteiger partial charge < -0.3 is 15.0 Å². The quantitative estimate of drug-likeness (QED) is 0.794. The fourth-order valence-electron chi connectivity index (χ4n) is 4.43. The van der Waals surface area contributed by atoms with Crippen molar-refractivity contribution >= 4 is 23.1 Å². The maximum Gasteiger partial charge on any atom is 0.224 e. The number of nitrogens with one attached hydrogen (secondary N) is 1. The second kappa shape index (κ2) is 7.16. The number of anilines is 2. The highest BCUT2D eigenvalue weighted by Crippen LogP contribution is 2.50. The first kappa shape index (κ1) is 18.3. The Hall–Kier alpha value is -3.07. The van der Waals surface area contributed by atoms with Gasteiger partial charge in [0.15, 0.2) is 17.3 Å². The van der Waals surface area contributed by atoms with E-state index in [2.05, 4.69) is 22.1 Å². The van der Waals surface area contributed by atoms with Crippen molar-refractivity contribution in [3.8, 4) is 5.75 Å². The zero-order valence-corrected chi connectivity index (χ0v) is 16.3. The van der Waals surface area contributed by atoms with Gasteiger partial charge in [-0.05, 0) is 48.6 Å². The maximum atomic E-state index is 12.6. The number of amides is 1. The molecular formula is C22H24N4O2. The number of carbonyl (C=O) groups is 1. The Morgan fingerprint density at radius 2 is 2.14 bits per heavy atom. The van der Waals surface area contributed by atoms with Crippen LogP contribution in [0.2, 0.25) is 0 Å². The standard InChI is InChI=1S/C22H24N4O2/c1-13-20(25-22-19(28-4)6-5-11-24-22)17-12-16(23-3)9-10-18(17)26(14(2)27)21(13)15-7-8-15/h5-6,9-13,15,20-21H,7-8H2,1-2,4H3,(H,24,25)/t13-,20-,21-/m1/s1. The van der Waals surface area contributed by atoms with Crippen molar-refractivity contribution in [2.24, 2.45) is 11.8 Å². The van der Waals surface area contributed by atoms with E-state index < -0.39 is 0 Å². The molecule has 0 spiro atoms. The average Bonchev–Trinajstić information content (AvgIpc) is 3.54. The Morgan fingerprint density at radius 1 is 1.36 bits per heavy atom. The van der Waals surface area contributed by atoms with E-state index in [-0.39, 0.29) is 23.9 Å². The third kappa shape index (κ3) is 3.07. The summed E-state index contributed by atoms with van der Waals surface area (Å²) < 4.78 is 5.46. The van der Waals surface area contributed by atoms with Gasteiger partial charge in [-0.15, -0.1) is 0 Å². The first-order chi connectivity index (χ1) is 13.5. The number of hydrogen-bond acceptors (Lipinski definition) is 4. The zero-order valence-electron chi connectivity index (χ0n) is 16.3. The van der Waals surface area contributed by atoms with Crippen molar-refractivity contribution in [2.45, 2.75) is 38.8 Å². The largest absolute Gasteiger partial charge is 0.493 e. The molecule has 144 valence electrons. The summed E-state index contributed by atoms with van der Waals surface area (Å²) in [6.07, 6.45) is 4.02. The van der Waals surface area contributed by atoms with Gasteiger partial charge in [0.1, 0.15) is 0 Å². The molecule has 0 unspecified atom stereocenters. The van der Waals surface area contributed by atoms with E-state index in [4.69, 9.17) is 11.3 Å². The van der Waals surface area contributed by atoms with Crippen LogP contribution in [0, 0.1) is 18.4 Å². The lowest BCUT2D eigenvalue weighted by Crippen LogP contribution is -2.51. The highest BCUT2D eigenvalue weighted by atomic mass is 16.5. The summed E-state index contributed by atoms with van der Waals surface area (Å²) in [6, 6.07) is 9.38. The maximum absolute atomic E-state index is 12.6. The molecule has 1 aliphatic carbocycles. The van der Waals surface area contributed by atoms with Crippen LogP contribution in [0.3, 0.4) is 0 Å². The van der Waals surface area contributed by atoms with E-state index in [1.807, 2.05) is 29.2 Å². The molecule has 6 nitrogen and oxygen atoms in total. The molecule has 6 heteroatoms. The van der Waals surface area contributed by atoms with Crippen LogP contribution in [-0.2, 0) is 4.79 Å². The fourth-order valence-corrected chi connectivity index (χ4v) is 4.43. The fraction of sp³-hybridized carbons (Fsp3) is 0.409. The lowest BCUT2D eigenvalue weighted by molar-refractivity contribution is -0.117. The van der Waals surface area contributed by atoms with Crippen molar-refractivity contribution in [2.75, 3.05) is 17.3 Å². The number of fused-ring (bicyclic) bond motifs is 1. The second-order valence-electron chi connectivity index (χ2n) is 7.61. The molecule has 0 radical (unpaired) electrons. The van der Waals surface area contributed by atoms with E-state index >= 15 is 0 Å². The minimum Gasteiger partial charge on any atom is -0.493 e. The number of nitrogens with zero attached hydrogens (tertiary/aromatic N) is 3. The number of carbonyl (C=O) groups excluding carboxylic acids is 1. The molecule has 0 saturated heterocycles. The molecule has 1 N–H and O–H groups in total. The van der Waals surface area contributed by atoms with E-state index in [0.29, 0.717) is 23.2 Å². The van der Waals surface area contributed by atoms with Crippen LogP contribution in [0.15, 0.2) is 36.5 Å². The lowest BCUT2D eigenvalue weighted by atomic mass is 9.79. The summed E-state index contributed by atoms with van der Waals surface area (Å²) in [5, 5.41) is 3.55. The van der Waals surface area contributed by atoms with Crippen LogP contribution >= 0.6 is 0 Å². The van der Waals surface area contributed by atoms with Crippen LogP contribution in [0.25, 0.3) is 4.85 Å². The van der Waals surface area contributed by atoms with Crippen molar-refractivity contribution in [3.63, 3.8) is 0 Å². The smallest absolute Gasteiger partial charge is 0.224 e. The molecule has 0 bridgehead atoms. The highest BCUT2D eigenvalue weighted by Gasteiger charge is 2.47. The second-order valence-corrected chi connectivity index (χ2v) is 7.61. The molecule has 1 aromatic carbocycles. The first-order valence-electron chi connectivity index (χ1n) is 9.62. The molecule has 1 aromatic heterocycles. The number of ether oxygens (including phenoxy) is 1. The number of pyridine rings is 1. The van der Waals surface area contributed by atoms with Gasteiger partial charge in [0.25, 0.3) is 0 Å². The Balaban J connectivity index is 1.83. The van der Waals surface area contributed by atoms with Crippen molar-refractivity contribution in [1.82, 2.24) is 4.98 Å². The van der Waals surface area contributed by atoms with E-state index in [0.717, 1.165) is 24.1 Å². The van der Waals surface area contributed by atoms with E-state index in [9.17, 15) is 4.79 Å². The molecule has 28 heavy (non-hydrogen) atoms. The molecule has 1 aliphatic heterocycles. The third-order valence-corrected chi connectivity index (χ3v) is 5.82. The molecule has 4 rings (SSSR count). The van der Waals surface area contributed by atoms with Crippen LogP contribution in [-0.4, -0.2) is 24.0 Å². The summed E-state index contributed by atoms with van der Waals surface area (Å²) >= 11 is 0. The van der Waals surface area contributed by atoms with Gasteiger partial charge >= 0.3 is 0 Å². The topological polar surface area (TPSA) is 58.8 Å². The van der Waals surface area contributed by atoms with Gasteiger partial charge in [0.2, 0.25) is 5.91 Å². The third-order valence-electron chi connectivity index (χ3n) is 5.82. The minimum atomic E-state index is -0.0679. The van der Waals surface area contributed by atoms with Crippen LogP contribution in [0.1, 0.15) is 38.3 Å². The molecule has 1 saturated carbocycles. The molecule has 2 aliphatic rings. The molecule has 2 aromatic rings. The van der Waals surface area contributed by atoms with Gasteiger partial charge in [0, 0.05) is 30.8 Å². The van der Waals surface area contributed by atoms with Crippen LogP contribution in [0.4, 0.5) is 17.2 Å². The predicted molar refractivity (Wildman–Crippen MR) is 109 cm³/mol. The summed E-state index contributed by atoms with van der Waals surface area (Å²) in [4.78, 5) is 22.6. The van der Waals surface area contributed by atoms with Crippen LogP contribution in [0.5, 0.6) is 5.75 Å². The van der Waals surface area contributed by atoms with Gasteiger partial charge in [0.05, 0.1) is 19.7 Å². The number of aromatic nitrogens is 1.